The normalized spacial score (nSPS) is 10.9. The van der Waals surface area contributed by atoms with Crippen LogP contribution in [0.4, 0.5) is 4.39 Å². The summed E-state index contributed by atoms with van der Waals surface area (Å²) >= 11 is 1.61. The molecular formula is C21H24FN3OS. The third kappa shape index (κ3) is 5.10. The Bertz CT molecular complexity index is 847. The molecule has 0 aliphatic rings. The average Bonchev–Trinajstić information content (AvgIpc) is 3.11. The molecule has 0 aliphatic heterocycles. The zero-order valence-electron chi connectivity index (χ0n) is 15.7. The van der Waals surface area contributed by atoms with Gasteiger partial charge in [-0.15, -0.1) is 10.2 Å². The van der Waals surface area contributed by atoms with E-state index in [0.29, 0.717) is 0 Å². The van der Waals surface area contributed by atoms with Gasteiger partial charge in [-0.1, -0.05) is 37.2 Å². The van der Waals surface area contributed by atoms with Gasteiger partial charge in [-0.25, -0.2) is 4.39 Å². The third-order valence-electron chi connectivity index (χ3n) is 4.19. The van der Waals surface area contributed by atoms with Gasteiger partial charge in [0.2, 0.25) is 0 Å². The van der Waals surface area contributed by atoms with E-state index in [1.165, 1.54) is 12.1 Å². The predicted octanol–water partition coefficient (Wildman–Crippen LogP) is 5.58. The molecule has 0 saturated carbocycles. The van der Waals surface area contributed by atoms with Crippen molar-refractivity contribution in [3.63, 3.8) is 0 Å². The van der Waals surface area contributed by atoms with E-state index in [2.05, 4.69) is 28.6 Å². The third-order valence-corrected chi connectivity index (χ3v) is 5.23. The van der Waals surface area contributed by atoms with Gasteiger partial charge in [0.05, 0.1) is 6.61 Å². The number of nitrogens with zero attached hydrogens (tertiary/aromatic N) is 3. The van der Waals surface area contributed by atoms with Crippen LogP contribution >= 0.6 is 11.8 Å². The minimum atomic E-state index is -0.218. The second kappa shape index (κ2) is 9.55. The van der Waals surface area contributed by atoms with E-state index in [1.54, 1.807) is 23.9 Å². The van der Waals surface area contributed by atoms with Crippen LogP contribution in [-0.2, 0) is 12.3 Å². The summed E-state index contributed by atoms with van der Waals surface area (Å²) in [5.41, 5.74) is 2.07. The molecule has 3 aromatic rings. The molecule has 0 unspecified atom stereocenters. The summed E-state index contributed by atoms with van der Waals surface area (Å²) in [6.07, 6.45) is 2.18. The molecule has 0 saturated heterocycles. The second-order valence-corrected chi connectivity index (χ2v) is 7.13. The van der Waals surface area contributed by atoms with Gasteiger partial charge < -0.3 is 9.30 Å². The van der Waals surface area contributed by atoms with Gasteiger partial charge in [-0.05, 0) is 55.3 Å². The number of benzene rings is 2. The van der Waals surface area contributed by atoms with Crippen molar-refractivity contribution < 1.29 is 9.13 Å². The Hall–Kier alpha value is -2.34. The van der Waals surface area contributed by atoms with Gasteiger partial charge >= 0.3 is 0 Å². The number of unbranched alkanes of at least 4 members (excludes halogenated alkanes) is 1. The van der Waals surface area contributed by atoms with Gasteiger partial charge in [-0.3, -0.25) is 0 Å². The number of thioether (sulfide) groups is 1. The summed E-state index contributed by atoms with van der Waals surface area (Å²) in [5, 5.41) is 9.59. The lowest BCUT2D eigenvalue weighted by molar-refractivity contribution is 0.309. The Labute approximate surface area is 163 Å². The quantitative estimate of drug-likeness (QED) is 0.356. The van der Waals surface area contributed by atoms with Crippen molar-refractivity contribution >= 4 is 11.8 Å². The standard InChI is InChI=1S/C21H24FN3OS/c1-3-5-14-26-19-12-8-17(9-13-19)20-23-24-21(25(20)4-2)27-15-16-6-10-18(22)11-7-16/h6-13H,3-5,14-15H2,1-2H3. The number of ether oxygens (including phenoxy) is 1. The fourth-order valence-electron chi connectivity index (χ4n) is 2.66. The highest BCUT2D eigenvalue weighted by molar-refractivity contribution is 7.98. The van der Waals surface area contributed by atoms with Crippen LogP contribution < -0.4 is 4.74 Å². The van der Waals surface area contributed by atoms with Crippen LogP contribution in [0.3, 0.4) is 0 Å². The number of aromatic nitrogens is 3. The minimum absolute atomic E-state index is 0.218. The lowest BCUT2D eigenvalue weighted by Crippen LogP contribution is -2.00. The number of halogens is 1. The predicted molar refractivity (Wildman–Crippen MR) is 107 cm³/mol. The van der Waals surface area contributed by atoms with E-state index < -0.39 is 0 Å². The average molecular weight is 386 g/mol. The van der Waals surface area contributed by atoms with Crippen LogP contribution in [0, 0.1) is 5.82 Å². The largest absolute Gasteiger partial charge is 0.494 e. The molecule has 27 heavy (non-hydrogen) atoms. The molecule has 3 rings (SSSR count). The van der Waals surface area contributed by atoms with Gasteiger partial charge in [0.1, 0.15) is 11.6 Å². The summed E-state index contributed by atoms with van der Waals surface area (Å²) in [4.78, 5) is 0. The van der Waals surface area contributed by atoms with Crippen LogP contribution in [0.2, 0.25) is 0 Å². The zero-order valence-corrected chi connectivity index (χ0v) is 16.5. The smallest absolute Gasteiger partial charge is 0.191 e. The van der Waals surface area contributed by atoms with Crippen molar-refractivity contribution in [2.45, 2.75) is 44.1 Å². The first-order chi connectivity index (χ1) is 13.2. The lowest BCUT2D eigenvalue weighted by Gasteiger charge is -2.09. The van der Waals surface area contributed by atoms with E-state index in [1.807, 2.05) is 24.3 Å². The molecule has 2 aromatic carbocycles. The maximum absolute atomic E-state index is 13.0. The number of hydrogen-bond acceptors (Lipinski definition) is 4. The Kier molecular flexibility index (Phi) is 6.87. The molecule has 0 atom stereocenters. The first-order valence-electron chi connectivity index (χ1n) is 9.25. The Balaban J connectivity index is 1.70. The first kappa shape index (κ1) is 19.4. The molecule has 142 valence electrons. The molecule has 0 amide bonds. The second-order valence-electron chi connectivity index (χ2n) is 6.19. The molecular weight excluding hydrogens is 361 g/mol. The minimum Gasteiger partial charge on any atom is -0.494 e. The highest BCUT2D eigenvalue weighted by Gasteiger charge is 2.13. The van der Waals surface area contributed by atoms with Crippen molar-refractivity contribution in [3.8, 4) is 17.1 Å². The summed E-state index contributed by atoms with van der Waals surface area (Å²) < 4.78 is 20.9. The van der Waals surface area contributed by atoms with E-state index >= 15 is 0 Å². The van der Waals surface area contributed by atoms with Crippen molar-refractivity contribution in [2.75, 3.05) is 6.61 Å². The maximum atomic E-state index is 13.0. The van der Waals surface area contributed by atoms with Gasteiger partial charge in [0.25, 0.3) is 0 Å². The lowest BCUT2D eigenvalue weighted by atomic mass is 10.2. The highest BCUT2D eigenvalue weighted by atomic mass is 32.2. The fraction of sp³-hybridized carbons (Fsp3) is 0.333. The molecule has 0 bridgehead atoms. The Morgan fingerprint density at radius 3 is 2.41 bits per heavy atom. The maximum Gasteiger partial charge on any atom is 0.191 e. The van der Waals surface area contributed by atoms with Crippen molar-refractivity contribution in [1.82, 2.24) is 14.8 Å². The van der Waals surface area contributed by atoms with Crippen LogP contribution in [-0.4, -0.2) is 21.4 Å². The van der Waals surface area contributed by atoms with E-state index in [9.17, 15) is 4.39 Å². The van der Waals surface area contributed by atoms with E-state index in [0.717, 1.165) is 59.6 Å². The fourth-order valence-corrected chi connectivity index (χ4v) is 3.62. The summed E-state index contributed by atoms with van der Waals surface area (Å²) in [7, 11) is 0. The van der Waals surface area contributed by atoms with E-state index in [-0.39, 0.29) is 5.82 Å². The van der Waals surface area contributed by atoms with E-state index in [4.69, 9.17) is 4.74 Å². The first-order valence-corrected chi connectivity index (χ1v) is 10.2. The van der Waals surface area contributed by atoms with Crippen LogP contribution in [0.15, 0.2) is 53.7 Å². The molecule has 0 radical (unpaired) electrons. The zero-order chi connectivity index (χ0) is 19.1. The molecule has 0 spiro atoms. The van der Waals surface area contributed by atoms with Crippen LogP contribution in [0.5, 0.6) is 5.75 Å². The monoisotopic (exact) mass is 385 g/mol. The van der Waals surface area contributed by atoms with Gasteiger partial charge in [0.15, 0.2) is 11.0 Å². The molecule has 4 nitrogen and oxygen atoms in total. The molecule has 6 heteroatoms. The van der Waals surface area contributed by atoms with Gasteiger partial charge in [0, 0.05) is 17.9 Å². The highest BCUT2D eigenvalue weighted by Crippen LogP contribution is 2.27. The SMILES string of the molecule is CCCCOc1ccc(-c2nnc(SCc3ccc(F)cc3)n2CC)cc1. The van der Waals surface area contributed by atoms with Crippen molar-refractivity contribution in [1.29, 1.82) is 0 Å². The molecule has 0 fully saturated rings. The Morgan fingerprint density at radius 2 is 1.74 bits per heavy atom. The van der Waals surface area contributed by atoms with Crippen LogP contribution in [0.1, 0.15) is 32.3 Å². The number of hydrogen-bond donors (Lipinski definition) is 0. The summed E-state index contributed by atoms with van der Waals surface area (Å²) in [5.74, 6) is 2.23. The summed E-state index contributed by atoms with van der Waals surface area (Å²) in [6, 6.07) is 14.6. The summed E-state index contributed by atoms with van der Waals surface area (Å²) in [6.45, 7) is 5.75. The van der Waals surface area contributed by atoms with Crippen LogP contribution in [0.25, 0.3) is 11.4 Å². The van der Waals surface area contributed by atoms with Gasteiger partial charge in [-0.2, -0.15) is 0 Å². The molecule has 0 aliphatic carbocycles. The molecule has 0 N–H and O–H groups in total. The molecule has 1 aromatic heterocycles. The number of rotatable bonds is 9. The molecule has 1 heterocycles. The topological polar surface area (TPSA) is 39.9 Å². The van der Waals surface area contributed by atoms with Crippen molar-refractivity contribution in [2.24, 2.45) is 0 Å². The van der Waals surface area contributed by atoms with Crippen molar-refractivity contribution in [3.05, 3.63) is 59.9 Å². The Morgan fingerprint density at radius 1 is 1.00 bits per heavy atom.